The van der Waals surface area contributed by atoms with Crippen molar-refractivity contribution in [3.8, 4) is 22.6 Å². The Balaban J connectivity index is 2.06. The molecule has 27 heavy (non-hydrogen) atoms. The van der Waals surface area contributed by atoms with Gasteiger partial charge in [0.1, 0.15) is 5.82 Å². The molecule has 0 spiro atoms. The normalized spacial score (nSPS) is 11.6. The molecule has 9 heteroatoms. The molecule has 7 nitrogen and oxygen atoms in total. The second-order valence-corrected chi connectivity index (χ2v) is 7.13. The molecule has 142 valence electrons. The lowest BCUT2D eigenvalue weighted by atomic mass is 9.99. The zero-order valence-corrected chi connectivity index (χ0v) is 15.5. The van der Waals surface area contributed by atoms with Gasteiger partial charge < -0.3 is 9.47 Å². The summed E-state index contributed by atoms with van der Waals surface area (Å²) in [6.45, 7) is -0.229. The SMILES string of the molecule is COc1cc2nccc(-c3ccc(CNS(N)(=O)=O)c(F)c3)c2cc1OC. The fourth-order valence-corrected chi connectivity index (χ4v) is 3.12. The topological polar surface area (TPSA) is 104 Å². The third-order valence-electron chi connectivity index (χ3n) is 4.07. The van der Waals surface area contributed by atoms with Gasteiger partial charge in [0, 0.05) is 29.8 Å². The average Bonchev–Trinajstić information content (AvgIpc) is 2.64. The summed E-state index contributed by atoms with van der Waals surface area (Å²) < 4.78 is 49.1. The molecule has 0 bridgehead atoms. The average molecular weight is 391 g/mol. The van der Waals surface area contributed by atoms with Gasteiger partial charge in [-0.1, -0.05) is 12.1 Å². The van der Waals surface area contributed by atoms with Crippen LogP contribution in [-0.2, 0) is 16.8 Å². The van der Waals surface area contributed by atoms with Crippen LogP contribution in [0.2, 0.25) is 0 Å². The fraction of sp³-hybridized carbons (Fsp3) is 0.167. The van der Waals surface area contributed by atoms with Gasteiger partial charge in [-0.15, -0.1) is 0 Å². The van der Waals surface area contributed by atoms with Crippen LogP contribution in [0.3, 0.4) is 0 Å². The molecule has 1 aromatic heterocycles. The van der Waals surface area contributed by atoms with Crippen molar-refractivity contribution in [2.45, 2.75) is 6.54 Å². The number of benzene rings is 2. The van der Waals surface area contributed by atoms with Crippen molar-refractivity contribution in [1.82, 2.24) is 9.71 Å². The van der Waals surface area contributed by atoms with Crippen LogP contribution >= 0.6 is 0 Å². The Morgan fingerprint density at radius 3 is 2.44 bits per heavy atom. The van der Waals surface area contributed by atoms with E-state index in [1.54, 1.807) is 30.5 Å². The van der Waals surface area contributed by atoms with Crippen molar-refractivity contribution in [3.63, 3.8) is 0 Å². The third kappa shape index (κ3) is 4.16. The highest BCUT2D eigenvalue weighted by Crippen LogP contribution is 2.36. The number of aromatic nitrogens is 1. The fourth-order valence-electron chi connectivity index (χ4n) is 2.76. The van der Waals surface area contributed by atoms with Gasteiger partial charge in [0.05, 0.1) is 19.7 Å². The predicted molar refractivity (Wildman–Crippen MR) is 100 cm³/mol. The van der Waals surface area contributed by atoms with Crippen molar-refractivity contribution >= 4 is 21.1 Å². The van der Waals surface area contributed by atoms with E-state index in [0.29, 0.717) is 22.6 Å². The number of pyridine rings is 1. The van der Waals surface area contributed by atoms with E-state index >= 15 is 0 Å². The number of nitrogens with one attached hydrogen (secondary N) is 1. The quantitative estimate of drug-likeness (QED) is 0.671. The Morgan fingerprint density at radius 1 is 1.11 bits per heavy atom. The lowest BCUT2D eigenvalue weighted by Gasteiger charge is -2.12. The van der Waals surface area contributed by atoms with Crippen molar-refractivity contribution in [2.24, 2.45) is 5.14 Å². The summed E-state index contributed by atoms with van der Waals surface area (Å²) in [5.74, 6) is 0.535. The molecule has 3 rings (SSSR count). The van der Waals surface area contributed by atoms with E-state index in [1.807, 2.05) is 0 Å². The van der Waals surface area contributed by atoms with E-state index in [0.717, 1.165) is 10.9 Å². The standard InChI is InChI=1S/C18H18FN3O4S/c1-25-17-8-14-13(5-6-21-16(14)9-18(17)26-2)11-3-4-12(15(19)7-11)10-22-27(20,23)24/h3-9,22H,10H2,1-2H3,(H2,20,23,24). The Morgan fingerprint density at radius 2 is 1.81 bits per heavy atom. The van der Waals surface area contributed by atoms with Gasteiger partial charge in [-0.05, 0) is 29.3 Å². The maximum atomic E-state index is 14.4. The lowest BCUT2D eigenvalue weighted by molar-refractivity contribution is 0.356. The van der Waals surface area contributed by atoms with Crippen LogP contribution in [0.1, 0.15) is 5.56 Å². The Labute approximate surface area is 156 Å². The summed E-state index contributed by atoms with van der Waals surface area (Å²) in [7, 11) is -0.822. The van der Waals surface area contributed by atoms with Crippen LogP contribution in [0.4, 0.5) is 4.39 Å². The summed E-state index contributed by atoms with van der Waals surface area (Å²) in [5.41, 5.74) is 2.23. The minimum Gasteiger partial charge on any atom is -0.493 e. The molecule has 0 unspecified atom stereocenters. The number of nitrogens with two attached hydrogens (primary N) is 1. The van der Waals surface area contributed by atoms with E-state index < -0.39 is 16.0 Å². The van der Waals surface area contributed by atoms with Gasteiger partial charge in [-0.3, -0.25) is 4.98 Å². The number of rotatable bonds is 6. The van der Waals surface area contributed by atoms with Crippen molar-refractivity contribution in [1.29, 1.82) is 0 Å². The predicted octanol–water partition coefficient (Wildman–Crippen LogP) is 2.35. The molecule has 0 saturated carbocycles. The number of hydrogen-bond acceptors (Lipinski definition) is 5. The largest absolute Gasteiger partial charge is 0.493 e. The summed E-state index contributed by atoms with van der Waals surface area (Å²) in [6.07, 6.45) is 1.62. The molecule has 3 aromatic rings. The molecule has 3 N–H and O–H groups in total. The number of halogens is 1. The number of ether oxygens (including phenoxy) is 2. The highest BCUT2D eigenvalue weighted by molar-refractivity contribution is 7.87. The maximum Gasteiger partial charge on any atom is 0.274 e. The van der Waals surface area contributed by atoms with Gasteiger partial charge in [-0.25, -0.2) is 9.53 Å². The number of methoxy groups -OCH3 is 2. The Bertz CT molecular complexity index is 1100. The number of nitrogens with zero attached hydrogens (tertiary/aromatic N) is 1. The Kier molecular flexibility index (Phi) is 5.26. The van der Waals surface area contributed by atoms with E-state index in [1.165, 1.54) is 26.4 Å². The summed E-state index contributed by atoms with van der Waals surface area (Å²) >= 11 is 0. The number of fused-ring (bicyclic) bond motifs is 1. The van der Waals surface area contributed by atoms with Crippen molar-refractivity contribution in [3.05, 3.63) is 54.0 Å². The first-order chi connectivity index (χ1) is 12.8. The van der Waals surface area contributed by atoms with Crippen molar-refractivity contribution < 1.29 is 22.3 Å². The van der Waals surface area contributed by atoms with Crippen LogP contribution in [0.15, 0.2) is 42.6 Å². The summed E-state index contributed by atoms with van der Waals surface area (Å²) in [5, 5.41) is 5.65. The lowest BCUT2D eigenvalue weighted by Crippen LogP contribution is -2.30. The van der Waals surface area contributed by atoms with Gasteiger partial charge in [0.25, 0.3) is 10.2 Å². The second-order valence-electron chi connectivity index (χ2n) is 5.76. The molecular formula is C18H18FN3O4S. The van der Waals surface area contributed by atoms with Gasteiger partial charge in [-0.2, -0.15) is 13.1 Å². The van der Waals surface area contributed by atoms with Gasteiger partial charge in [0.2, 0.25) is 0 Å². The minimum absolute atomic E-state index is 0.186. The molecule has 0 radical (unpaired) electrons. The molecule has 0 atom stereocenters. The Hall–Kier alpha value is -2.75. The molecule has 2 aromatic carbocycles. The molecule has 0 saturated heterocycles. The number of hydrogen-bond donors (Lipinski definition) is 2. The molecule has 0 amide bonds. The van der Waals surface area contributed by atoms with Crippen LogP contribution in [-0.4, -0.2) is 27.6 Å². The summed E-state index contributed by atoms with van der Waals surface area (Å²) in [6, 6.07) is 9.85. The zero-order chi connectivity index (χ0) is 19.6. The molecule has 0 aliphatic carbocycles. The highest BCUT2D eigenvalue weighted by Gasteiger charge is 2.13. The first-order valence-electron chi connectivity index (χ1n) is 7.89. The first kappa shape index (κ1) is 19.0. The van der Waals surface area contributed by atoms with Crippen LogP contribution in [0.5, 0.6) is 11.5 Å². The van der Waals surface area contributed by atoms with E-state index in [9.17, 15) is 12.8 Å². The van der Waals surface area contributed by atoms with Crippen molar-refractivity contribution in [2.75, 3.05) is 14.2 Å². The van der Waals surface area contributed by atoms with Crippen LogP contribution in [0, 0.1) is 5.82 Å². The maximum absolute atomic E-state index is 14.4. The molecule has 0 aliphatic rings. The van der Waals surface area contributed by atoms with E-state index in [-0.39, 0.29) is 12.1 Å². The summed E-state index contributed by atoms with van der Waals surface area (Å²) in [4.78, 5) is 4.33. The van der Waals surface area contributed by atoms with Crippen LogP contribution < -0.4 is 19.3 Å². The molecule has 0 fully saturated rings. The zero-order valence-electron chi connectivity index (χ0n) is 14.7. The van der Waals surface area contributed by atoms with E-state index in [2.05, 4.69) is 9.71 Å². The molecule has 1 heterocycles. The van der Waals surface area contributed by atoms with Crippen LogP contribution in [0.25, 0.3) is 22.0 Å². The molecule has 0 aliphatic heterocycles. The second kappa shape index (κ2) is 7.47. The van der Waals surface area contributed by atoms with E-state index in [4.69, 9.17) is 14.6 Å². The monoisotopic (exact) mass is 391 g/mol. The highest BCUT2D eigenvalue weighted by atomic mass is 32.2. The van der Waals surface area contributed by atoms with Gasteiger partial charge >= 0.3 is 0 Å². The first-order valence-corrected chi connectivity index (χ1v) is 9.44. The van der Waals surface area contributed by atoms with Gasteiger partial charge in [0.15, 0.2) is 11.5 Å². The smallest absolute Gasteiger partial charge is 0.274 e. The minimum atomic E-state index is -3.90. The molecular weight excluding hydrogens is 373 g/mol. The third-order valence-corrected chi connectivity index (χ3v) is 4.62.